The maximum Gasteiger partial charge on any atom is 0.331 e. The van der Waals surface area contributed by atoms with Gasteiger partial charge < -0.3 is 24.2 Å². The zero-order chi connectivity index (χ0) is 42.7. The highest BCUT2D eigenvalue weighted by Gasteiger charge is 2.34. The molecule has 1 aromatic heterocycles. The van der Waals surface area contributed by atoms with E-state index in [1.807, 2.05) is 61.5 Å². The van der Waals surface area contributed by atoms with Crippen LogP contribution in [0.1, 0.15) is 83.6 Å². The van der Waals surface area contributed by atoms with E-state index in [1.54, 1.807) is 80.7 Å². The van der Waals surface area contributed by atoms with E-state index in [0.29, 0.717) is 17.1 Å². The highest BCUT2D eigenvalue weighted by Crippen LogP contribution is 2.38. The predicted octanol–water partition coefficient (Wildman–Crippen LogP) is 6.61. The van der Waals surface area contributed by atoms with Crippen molar-refractivity contribution in [3.63, 3.8) is 0 Å². The van der Waals surface area contributed by atoms with Gasteiger partial charge in [0.2, 0.25) is 5.88 Å². The number of rotatable bonds is 12. The van der Waals surface area contributed by atoms with Gasteiger partial charge in [-0.1, -0.05) is 30.3 Å². The Morgan fingerprint density at radius 1 is 0.862 bits per heavy atom. The van der Waals surface area contributed by atoms with Crippen molar-refractivity contribution in [3.05, 3.63) is 88.5 Å². The molecule has 14 nitrogen and oxygen atoms in total. The third kappa shape index (κ3) is 11.0. The monoisotopic (exact) mass is 792 g/mol. The summed E-state index contributed by atoms with van der Waals surface area (Å²) in [4.78, 5) is 69.0. The molecule has 0 saturated carbocycles. The van der Waals surface area contributed by atoms with E-state index in [0.717, 1.165) is 22.4 Å². The average molecular weight is 793 g/mol. The normalized spacial score (nSPS) is 15.7. The first-order valence-electron chi connectivity index (χ1n) is 18.9. The Morgan fingerprint density at radius 2 is 1.52 bits per heavy atom. The number of aliphatic imine (C=N–C) groups is 2. The number of amides is 1. The number of aryl methyl sites for hydroxylation is 1. The summed E-state index contributed by atoms with van der Waals surface area (Å²) in [6.45, 7) is 15.1. The number of esters is 3. The fourth-order valence-electron chi connectivity index (χ4n) is 6.27. The molecule has 0 fully saturated rings. The molecule has 0 radical (unpaired) electrons. The Balaban J connectivity index is 1.31. The van der Waals surface area contributed by atoms with Crippen molar-refractivity contribution in [2.45, 2.75) is 92.1 Å². The summed E-state index contributed by atoms with van der Waals surface area (Å²) in [5, 5.41) is 11.0. The number of ether oxygens (including phenoxy) is 3. The standard InChI is InChI=1S/C44H52N6O8/c1-27-46-34(40(54)49(27)25-37(52)57-43(5,6)7)22-30-24-45-39-29(13-12-14-32(30)39)23-44(8,9)58-38(53)26-50-35(19-20-36(51)56-42(2,3)4)47-33(41(50)55)21-28-15-17-31(18-16-28)48(10)11/h12-22,24,54H,23,25-26H2,1-11H3/b20-19+,30-22?,33-21-. The fraction of sp³-hybridized carbons (Fsp3) is 0.386. The van der Waals surface area contributed by atoms with Crippen LogP contribution in [-0.4, -0.2) is 92.9 Å². The highest BCUT2D eigenvalue weighted by molar-refractivity contribution is 6.22. The third-order valence-electron chi connectivity index (χ3n) is 8.68. The first-order valence-corrected chi connectivity index (χ1v) is 18.9. The van der Waals surface area contributed by atoms with E-state index in [-0.39, 0.29) is 36.1 Å². The van der Waals surface area contributed by atoms with Gasteiger partial charge in [-0.05, 0) is 104 Å². The Bertz CT molecular complexity index is 2260. The van der Waals surface area contributed by atoms with Crippen LogP contribution in [0.5, 0.6) is 5.88 Å². The van der Waals surface area contributed by atoms with Crippen molar-refractivity contribution in [2.75, 3.05) is 25.5 Å². The number of hydrogen-bond acceptors (Lipinski definition) is 12. The summed E-state index contributed by atoms with van der Waals surface area (Å²) in [7, 11) is 3.86. The molecule has 1 amide bonds. The van der Waals surface area contributed by atoms with Crippen LogP contribution < -0.4 is 4.90 Å². The third-order valence-corrected chi connectivity index (χ3v) is 8.68. The number of anilines is 1. The number of allylic oxidation sites excluding steroid dienone is 1. The lowest BCUT2D eigenvalue weighted by molar-refractivity contribution is -0.158. The number of amidine groups is 1. The lowest BCUT2D eigenvalue weighted by Gasteiger charge is -2.27. The van der Waals surface area contributed by atoms with E-state index in [2.05, 4.69) is 15.0 Å². The molecule has 3 heterocycles. The second-order valence-corrected chi connectivity index (χ2v) is 16.9. The van der Waals surface area contributed by atoms with Crippen LogP contribution in [0, 0.1) is 6.92 Å². The molecular weight excluding hydrogens is 741 g/mol. The Labute approximate surface area is 339 Å². The maximum absolute atomic E-state index is 13.7. The Morgan fingerprint density at radius 3 is 2.16 bits per heavy atom. The fourth-order valence-corrected chi connectivity index (χ4v) is 6.27. The van der Waals surface area contributed by atoms with Gasteiger partial charge >= 0.3 is 17.9 Å². The predicted molar refractivity (Wildman–Crippen MR) is 224 cm³/mol. The van der Waals surface area contributed by atoms with Crippen LogP contribution in [0.4, 0.5) is 11.4 Å². The molecular formula is C44H52N6O8. The molecule has 0 spiro atoms. The smallest absolute Gasteiger partial charge is 0.331 e. The van der Waals surface area contributed by atoms with Gasteiger partial charge in [-0.3, -0.25) is 28.8 Å². The van der Waals surface area contributed by atoms with Gasteiger partial charge in [-0.2, -0.15) is 0 Å². The lowest BCUT2D eigenvalue weighted by atomic mass is 9.94. The van der Waals surface area contributed by atoms with Crippen molar-refractivity contribution < 1.29 is 38.5 Å². The van der Waals surface area contributed by atoms with Crippen LogP contribution in [0.25, 0.3) is 17.7 Å². The Hall–Kier alpha value is -6.31. The molecule has 0 atom stereocenters. The summed E-state index contributed by atoms with van der Waals surface area (Å²) in [6, 6.07) is 13.2. The number of para-hydroxylation sites is 1. The molecule has 306 valence electrons. The molecule has 0 saturated heterocycles. The zero-order valence-electron chi connectivity index (χ0n) is 35.0. The first kappa shape index (κ1) is 42.8. The molecule has 2 aromatic carbocycles. The molecule has 0 aliphatic carbocycles. The molecule has 1 N–H and O–H groups in total. The first-order chi connectivity index (χ1) is 27.0. The number of carbonyl (C=O) groups is 4. The van der Waals surface area contributed by atoms with Gasteiger partial charge in [0.15, 0.2) is 0 Å². The minimum absolute atomic E-state index is 0.0900. The van der Waals surface area contributed by atoms with Crippen molar-refractivity contribution in [1.29, 1.82) is 0 Å². The number of carbonyl (C=O) groups excluding carboxylic acids is 4. The summed E-state index contributed by atoms with van der Waals surface area (Å²) in [5.74, 6) is -1.97. The quantitative estimate of drug-likeness (QED) is 0.120. The SMILES string of the molecule is Cc1nc(C=C2C=Nc3c(CC(C)(C)OC(=O)CN4C(=O)/C(=C/c5ccc(N(C)C)cc5)N=C4/C=C/C(=O)OC(C)(C)C)cccc32)c(O)n1CC(=O)OC(C)(C)C. The number of aromatic nitrogens is 2. The van der Waals surface area contributed by atoms with Gasteiger partial charge in [-0.25, -0.2) is 14.8 Å². The van der Waals surface area contributed by atoms with Gasteiger partial charge in [0, 0.05) is 49.6 Å². The number of hydrogen-bond donors (Lipinski definition) is 1. The van der Waals surface area contributed by atoms with Crippen LogP contribution >= 0.6 is 0 Å². The number of fused-ring (bicyclic) bond motifs is 1. The topological polar surface area (TPSA) is 165 Å². The molecule has 14 heteroatoms. The molecule has 0 bridgehead atoms. The second kappa shape index (κ2) is 16.7. The maximum atomic E-state index is 13.7. The molecule has 58 heavy (non-hydrogen) atoms. The van der Waals surface area contributed by atoms with Crippen molar-refractivity contribution >= 4 is 65.0 Å². The van der Waals surface area contributed by atoms with Crippen LogP contribution in [0.2, 0.25) is 0 Å². The molecule has 5 rings (SSSR count). The summed E-state index contributed by atoms with van der Waals surface area (Å²) < 4.78 is 18.2. The zero-order valence-corrected chi connectivity index (χ0v) is 35.0. The largest absolute Gasteiger partial charge is 0.493 e. The minimum Gasteiger partial charge on any atom is -0.493 e. The van der Waals surface area contributed by atoms with Crippen molar-refractivity contribution in [2.24, 2.45) is 9.98 Å². The number of benzene rings is 2. The summed E-state index contributed by atoms with van der Waals surface area (Å²) in [6.07, 6.45) is 7.79. The lowest BCUT2D eigenvalue weighted by Crippen LogP contribution is -2.40. The van der Waals surface area contributed by atoms with Gasteiger partial charge in [-0.15, -0.1) is 0 Å². The van der Waals surface area contributed by atoms with Gasteiger partial charge in [0.25, 0.3) is 5.91 Å². The van der Waals surface area contributed by atoms with Crippen LogP contribution in [0.3, 0.4) is 0 Å². The van der Waals surface area contributed by atoms with Crippen molar-refractivity contribution in [1.82, 2.24) is 14.5 Å². The number of aromatic hydroxyl groups is 1. The Kier molecular flexibility index (Phi) is 12.3. The van der Waals surface area contributed by atoms with Gasteiger partial charge in [0.1, 0.15) is 52.9 Å². The van der Waals surface area contributed by atoms with Crippen molar-refractivity contribution in [3.8, 4) is 5.88 Å². The average Bonchev–Trinajstić information content (AvgIpc) is 3.72. The number of nitrogens with zero attached hydrogens (tertiary/aromatic N) is 6. The van der Waals surface area contributed by atoms with E-state index in [4.69, 9.17) is 14.2 Å². The van der Waals surface area contributed by atoms with Crippen LogP contribution in [-0.2, 0) is 46.4 Å². The number of imidazole rings is 1. The summed E-state index contributed by atoms with van der Waals surface area (Å²) in [5.41, 5.74) is 2.60. The summed E-state index contributed by atoms with van der Waals surface area (Å²) >= 11 is 0. The molecule has 3 aromatic rings. The molecule has 2 aliphatic rings. The molecule has 2 aliphatic heterocycles. The minimum atomic E-state index is -1.04. The second-order valence-electron chi connectivity index (χ2n) is 16.9. The molecule has 0 unspecified atom stereocenters. The van der Waals surface area contributed by atoms with Crippen LogP contribution in [0.15, 0.2) is 70.3 Å². The van der Waals surface area contributed by atoms with Gasteiger partial charge in [0.05, 0.1) is 5.69 Å². The van der Waals surface area contributed by atoms with E-state index in [1.165, 1.54) is 21.6 Å². The van der Waals surface area contributed by atoms with E-state index >= 15 is 0 Å². The highest BCUT2D eigenvalue weighted by atomic mass is 16.6. The van der Waals surface area contributed by atoms with E-state index in [9.17, 15) is 24.3 Å². The van der Waals surface area contributed by atoms with E-state index < -0.39 is 47.2 Å².